The molecule has 0 aromatic carbocycles. The predicted molar refractivity (Wildman–Crippen MR) is 75.7 cm³/mol. The molecule has 0 bridgehead atoms. The molecular formula is C14H21N3. The summed E-state index contributed by atoms with van der Waals surface area (Å²) >= 11 is 0. The Morgan fingerprint density at radius 2 is 2.18 bits per heavy atom. The first-order chi connectivity index (χ1) is 8.13. The van der Waals surface area contributed by atoms with E-state index in [-0.39, 0.29) is 0 Å². The molecule has 1 rings (SSSR count). The first-order valence-corrected chi connectivity index (χ1v) is 5.87. The van der Waals surface area contributed by atoms with E-state index in [4.69, 9.17) is 0 Å². The second-order valence-corrected chi connectivity index (χ2v) is 4.08. The number of hydrogen-bond acceptors (Lipinski definition) is 1. The van der Waals surface area contributed by atoms with Crippen molar-refractivity contribution in [2.45, 2.75) is 26.7 Å². The average Bonchev–Trinajstić information content (AvgIpc) is 2.33. The fraction of sp³-hybridized carbons (Fsp3) is 0.429. The van der Waals surface area contributed by atoms with Gasteiger partial charge in [0.25, 0.3) is 0 Å². The Kier molecular flexibility index (Phi) is 4.88. The third-order valence-corrected chi connectivity index (χ3v) is 2.90. The zero-order valence-electron chi connectivity index (χ0n) is 11.2. The zero-order valence-corrected chi connectivity index (χ0v) is 11.2. The van der Waals surface area contributed by atoms with Crippen LogP contribution in [-0.4, -0.2) is 25.8 Å². The highest BCUT2D eigenvalue weighted by atomic mass is 15.1. The van der Waals surface area contributed by atoms with Crippen LogP contribution in [0, 0.1) is 0 Å². The predicted octanol–water partition coefficient (Wildman–Crippen LogP) is 2.88. The summed E-state index contributed by atoms with van der Waals surface area (Å²) in [6.45, 7) is 8.14. The lowest BCUT2D eigenvalue weighted by Gasteiger charge is -2.17. The van der Waals surface area contributed by atoms with Crippen LogP contribution >= 0.6 is 0 Å². The molecule has 0 aromatic rings. The second-order valence-electron chi connectivity index (χ2n) is 4.08. The smallest absolute Gasteiger partial charge is 0.218 e. The second kappa shape index (κ2) is 6.18. The number of nitrogens with zero attached hydrogens (tertiary/aromatic N) is 2. The summed E-state index contributed by atoms with van der Waals surface area (Å²) in [7, 11) is 3.54. The van der Waals surface area contributed by atoms with Gasteiger partial charge in [0.15, 0.2) is 0 Å². The number of nitrogens with one attached hydrogen (secondary N) is 1. The quantitative estimate of drug-likeness (QED) is 0.576. The standard InChI is InChI=1S/C14H21N3/c1-6-12(17-14(15-4)16-5)13-10(2)8-7-9-11(13)3/h6,8H,1,7,9H2,2-5H3,(H,15,16)/b17-12+. The SMILES string of the molecule is C=C/C(=N\C(=NC)NC)C1=C(C)CCC=C1C. The zero-order chi connectivity index (χ0) is 12.8. The van der Waals surface area contributed by atoms with Crippen LogP contribution in [0.2, 0.25) is 0 Å². The molecule has 0 aromatic heterocycles. The van der Waals surface area contributed by atoms with E-state index in [1.807, 2.05) is 7.05 Å². The lowest BCUT2D eigenvalue weighted by atomic mass is 9.89. The third kappa shape index (κ3) is 3.16. The molecule has 0 saturated heterocycles. The molecule has 3 heteroatoms. The van der Waals surface area contributed by atoms with Gasteiger partial charge in [-0.25, -0.2) is 4.99 Å². The van der Waals surface area contributed by atoms with Gasteiger partial charge in [-0.1, -0.05) is 18.2 Å². The molecule has 0 amide bonds. The summed E-state index contributed by atoms with van der Waals surface area (Å²) in [5.74, 6) is 0.624. The normalized spacial score (nSPS) is 18.0. The van der Waals surface area contributed by atoms with Gasteiger partial charge in [0.2, 0.25) is 5.96 Å². The van der Waals surface area contributed by atoms with Crippen LogP contribution in [0.1, 0.15) is 26.7 Å². The number of hydrogen-bond donors (Lipinski definition) is 1. The highest BCUT2D eigenvalue weighted by molar-refractivity contribution is 6.15. The summed E-state index contributed by atoms with van der Waals surface area (Å²) in [4.78, 5) is 8.56. The van der Waals surface area contributed by atoms with Crippen molar-refractivity contribution >= 4 is 11.7 Å². The van der Waals surface area contributed by atoms with E-state index in [0.29, 0.717) is 5.96 Å². The largest absolute Gasteiger partial charge is 0.358 e. The Balaban J connectivity index is 3.19. The van der Waals surface area contributed by atoms with Gasteiger partial charge in [-0.2, -0.15) is 0 Å². The van der Waals surface area contributed by atoms with Crippen LogP contribution in [0.4, 0.5) is 0 Å². The van der Waals surface area contributed by atoms with Gasteiger partial charge < -0.3 is 5.32 Å². The van der Waals surface area contributed by atoms with Crippen LogP contribution in [0.15, 0.2) is 45.4 Å². The summed E-state index contributed by atoms with van der Waals surface area (Å²) in [6.07, 6.45) is 6.26. The molecule has 0 unspecified atom stereocenters. The molecule has 17 heavy (non-hydrogen) atoms. The minimum absolute atomic E-state index is 0.624. The van der Waals surface area contributed by atoms with Gasteiger partial charge >= 0.3 is 0 Å². The Hall–Kier alpha value is -1.64. The molecule has 0 saturated carbocycles. The van der Waals surface area contributed by atoms with Crippen molar-refractivity contribution < 1.29 is 0 Å². The van der Waals surface area contributed by atoms with E-state index in [9.17, 15) is 0 Å². The monoisotopic (exact) mass is 231 g/mol. The topological polar surface area (TPSA) is 36.8 Å². The molecule has 0 atom stereocenters. The molecule has 0 aliphatic heterocycles. The molecule has 1 aliphatic carbocycles. The maximum absolute atomic E-state index is 4.49. The molecule has 3 nitrogen and oxygen atoms in total. The minimum atomic E-state index is 0.624. The number of guanidine groups is 1. The Morgan fingerprint density at radius 3 is 2.65 bits per heavy atom. The number of rotatable bonds is 2. The highest BCUT2D eigenvalue weighted by Gasteiger charge is 2.14. The fourth-order valence-electron chi connectivity index (χ4n) is 2.02. The Labute approximate surface area is 104 Å². The molecular weight excluding hydrogens is 210 g/mol. The summed E-state index contributed by atoms with van der Waals surface area (Å²) in [6, 6.07) is 0. The average molecular weight is 231 g/mol. The van der Waals surface area contributed by atoms with Crippen molar-refractivity contribution in [1.82, 2.24) is 5.32 Å². The molecule has 1 N–H and O–H groups in total. The van der Waals surface area contributed by atoms with E-state index in [1.54, 1.807) is 13.1 Å². The van der Waals surface area contributed by atoms with Gasteiger partial charge in [0.1, 0.15) is 0 Å². The van der Waals surface area contributed by atoms with E-state index in [1.165, 1.54) is 16.7 Å². The van der Waals surface area contributed by atoms with Crippen LogP contribution in [0.3, 0.4) is 0 Å². The lowest BCUT2D eigenvalue weighted by molar-refractivity contribution is 0.934. The summed E-state index contributed by atoms with van der Waals surface area (Å²) in [5, 5.41) is 2.96. The first-order valence-electron chi connectivity index (χ1n) is 5.87. The van der Waals surface area contributed by atoms with Crippen LogP contribution in [0.25, 0.3) is 0 Å². The van der Waals surface area contributed by atoms with Crippen LogP contribution in [0.5, 0.6) is 0 Å². The van der Waals surface area contributed by atoms with Gasteiger partial charge in [-0.15, -0.1) is 0 Å². The maximum atomic E-state index is 4.49. The van der Waals surface area contributed by atoms with E-state index >= 15 is 0 Å². The van der Waals surface area contributed by atoms with E-state index in [2.05, 4.69) is 41.8 Å². The van der Waals surface area contributed by atoms with Crippen molar-refractivity contribution in [3.8, 4) is 0 Å². The Morgan fingerprint density at radius 1 is 1.47 bits per heavy atom. The van der Waals surface area contributed by atoms with Crippen LogP contribution < -0.4 is 5.32 Å². The van der Waals surface area contributed by atoms with Gasteiger partial charge in [-0.05, 0) is 38.3 Å². The van der Waals surface area contributed by atoms with Crippen molar-refractivity contribution in [3.05, 3.63) is 35.5 Å². The molecule has 92 valence electrons. The van der Waals surface area contributed by atoms with Crippen molar-refractivity contribution in [1.29, 1.82) is 0 Å². The van der Waals surface area contributed by atoms with Crippen molar-refractivity contribution in [2.75, 3.05) is 14.1 Å². The number of aliphatic imine (C=N–C) groups is 2. The summed E-state index contributed by atoms with van der Waals surface area (Å²) < 4.78 is 0. The maximum Gasteiger partial charge on any atom is 0.218 e. The van der Waals surface area contributed by atoms with Gasteiger partial charge in [-0.3, -0.25) is 4.99 Å². The molecule has 0 fully saturated rings. The first kappa shape index (κ1) is 13.4. The van der Waals surface area contributed by atoms with Crippen molar-refractivity contribution in [2.24, 2.45) is 9.98 Å². The van der Waals surface area contributed by atoms with Gasteiger partial charge in [0, 0.05) is 19.7 Å². The molecule has 1 aliphatic rings. The number of allylic oxidation sites excluding steroid dienone is 5. The fourth-order valence-corrected chi connectivity index (χ4v) is 2.02. The Bertz CT molecular complexity index is 423. The molecule has 0 radical (unpaired) electrons. The van der Waals surface area contributed by atoms with Crippen molar-refractivity contribution in [3.63, 3.8) is 0 Å². The van der Waals surface area contributed by atoms with E-state index in [0.717, 1.165) is 18.6 Å². The minimum Gasteiger partial charge on any atom is -0.358 e. The summed E-state index contributed by atoms with van der Waals surface area (Å²) in [5.41, 5.74) is 4.75. The molecule has 0 heterocycles. The highest BCUT2D eigenvalue weighted by Crippen LogP contribution is 2.26. The van der Waals surface area contributed by atoms with Gasteiger partial charge in [0.05, 0.1) is 5.71 Å². The van der Waals surface area contributed by atoms with Crippen LogP contribution in [-0.2, 0) is 0 Å². The van der Waals surface area contributed by atoms with E-state index < -0.39 is 0 Å². The molecule has 0 spiro atoms. The third-order valence-electron chi connectivity index (χ3n) is 2.90. The lowest BCUT2D eigenvalue weighted by Crippen LogP contribution is -2.19.